The minimum absolute atomic E-state index is 0.226. The van der Waals surface area contributed by atoms with Gasteiger partial charge in [0.2, 0.25) is 17.7 Å². The fourth-order valence-corrected chi connectivity index (χ4v) is 9.13. The van der Waals surface area contributed by atoms with Crippen LogP contribution in [0.1, 0.15) is 57.4 Å². The number of H-pyrrole nitrogens is 1. The Morgan fingerprint density at radius 3 is 2.38 bits per heavy atom. The Bertz CT molecular complexity index is 2290. The van der Waals surface area contributed by atoms with E-state index in [9.17, 15) is 14.4 Å². The van der Waals surface area contributed by atoms with Crippen LogP contribution in [0.25, 0.3) is 33.3 Å². The molecule has 294 valence electrons. The second kappa shape index (κ2) is 15.3. The van der Waals surface area contributed by atoms with Gasteiger partial charge < -0.3 is 19.3 Å². The van der Waals surface area contributed by atoms with Crippen molar-refractivity contribution < 1.29 is 19.1 Å². The highest BCUT2D eigenvalue weighted by Gasteiger charge is 2.32. The van der Waals surface area contributed by atoms with Crippen LogP contribution in [0.15, 0.2) is 47.7 Å². The molecule has 0 bridgehead atoms. The van der Waals surface area contributed by atoms with Crippen molar-refractivity contribution in [2.75, 3.05) is 62.7 Å². The Morgan fingerprint density at radius 2 is 1.61 bits per heavy atom. The summed E-state index contributed by atoms with van der Waals surface area (Å²) in [5.41, 5.74) is 4.69. The lowest BCUT2D eigenvalue weighted by Gasteiger charge is -2.39. The van der Waals surface area contributed by atoms with Gasteiger partial charge in [0.05, 0.1) is 47.8 Å². The molecule has 16 heteroatoms. The number of ether oxygens (including phenoxy) is 2. The third-order valence-corrected chi connectivity index (χ3v) is 12.3. The molecule has 1 atom stereocenters. The first-order valence-corrected chi connectivity index (χ1v) is 19.9. The molecule has 1 unspecified atom stereocenters. The van der Waals surface area contributed by atoms with Gasteiger partial charge in [-0.1, -0.05) is 0 Å². The van der Waals surface area contributed by atoms with Crippen LogP contribution in [0.4, 0.5) is 11.5 Å². The van der Waals surface area contributed by atoms with E-state index in [0.717, 1.165) is 111 Å². The number of imidazole rings is 1. The first-order valence-electron chi connectivity index (χ1n) is 19.9. The molecule has 1 aliphatic carbocycles. The van der Waals surface area contributed by atoms with Crippen molar-refractivity contribution in [2.24, 2.45) is 13.0 Å². The van der Waals surface area contributed by atoms with Crippen LogP contribution in [0.2, 0.25) is 0 Å². The number of piperazine rings is 1. The maximum atomic E-state index is 13.2. The van der Waals surface area contributed by atoms with E-state index >= 15 is 0 Å². The number of carbonyl (C=O) groups is 2. The molecule has 0 spiro atoms. The second-order valence-electron chi connectivity index (χ2n) is 15.7. The average molecular weight is 764 g/mol. The zero-order valence-electron chi connectivity index (χ0n) is 32.0. The Labute approximate surface area is 324 Å². The van der Waals surface area contributed by atoms with Crippen molar-refractivity contribution in [3.05, 3.63) is 53.3 Å². The summed E-state index contributed by atoms with van der Waals surface area (Å²) >= 11 is 0. The molecule has 1 aromatic carbocycles. The van der Waals surface area contributed by atoms with Gasteiger partial charge in [-0.15, -0.1) is 0 Å². The van der Waals surface area contributed by atoms with Crippen LogP contribution in [-0.4, -0.2) is 116 Å². The van der Waals surface area contributed by atoms with E-state index in [1.165, 1.54) is 17.4 Å². The lowest BCUT2D eigenvalue weighted by atomic mass is 9.86. The SMILES string of the molecule is COc1cc2c(-c3cc(N4CCN(CC5CCC(OC6CCN(c7ccc8c(c7)n(C)c(=O)n8C7CCC(=O)NC7=O)CC6)CC5)CC4)ncn3)n[nH]c2cn1. The first-order chi connectivity index (χ1) is 27.3. The molecular formula is C40H49N11O5. The van der Waals surface area contributed by atoms with E-state index in [1.807, 2.05) is 30.3 Å². The summed E-state index contributed by atoms with van der Waals surface area (Å²) < 4.78 is 15.2. The molecule has 56 heavy (non-hydrogen) atoms. The largest absolute Gasteiger partial charge is 0.481 e. The van der Waals surface area contributed by atoms with Gasteiger partial charge in [0, 0.05) is 82.5 Å². The Morgan fingerprint density at radius 1 is 0.821 bits per heavy atom. The van der Waals surface area contributed by atoms with E-state index in [4.69, 9.17) is 9.47 Å². The number of aromatic amines is 1. The number of carbonyl (C=O) groups excluding carboxylic acids is 2. The van der Waals surface area contributed by atoms with E-state index in [1.54, 1.807) is 31.2 Å². The quantitative estimate of drug-likeness (QED) is 0.210. The molecule has 2 N–H and O–H groups in total. The van der Waals surface area contributed by atoms with Crippen molar-refractivity contribution in [2.45, 2.75) is 69.6 Å². The number of fused-ring (bicyclic) bond motifs is 2. The molecular weight excluding hydrogens is 715 g/mol. The number of anilines is 2. The summed E-state index contributed by atoms with van der Waals surface area (Å²) in [6.07, 6.45) is 11.1. The first kappa shape index (κ1) is 36.3. The number of amides is 2. The van der Waals surface area contributed by atoms with Gasteiger partial charge in [0.25, 0.3) is 0 Å². The summed E-state index contributed by atoms with van der Waals surface area (Å²) in [5, 5.41) is 10.9. The van der Waals surface area contributed by atoms with E-state index in [-0.39, 0.29) is 24.1 Å². The number of nitrogens with zero attached hydrogens (tertiary/aromatic N) is 9. The fraction of sp³-hybridized carbons (Fsp3) is 0.525. The molecule has 0 radical (unpaired) electrons. The zero-order chi connectivity index (χ0) is 38.3. The van der Waals surface area contributed by atoms with Gasteiger partial charge in [0.1, 0.15) is 23.9 Å². The Hall–Kier alpha value is -5.35. The Balaban J connectivity index is 0.726. The molecule has 1 saturated carbocycles. The molecule has 16 nitrogen and oxygen atoms in total. The lowest BCUT2D eigenvalue weighted by Crippen LogP contribution is -2.48. The maximum Gasteiger partial charge on any atom is 0.329 e. The normalized spacial score (nSPS) is 22.9. The van der Waals surface area contributed by atoms with E-state index in [0.29, 0.717) is 29.8 Å². The molecule has 5 aromatic rings. The van der Waals surface area contributed by atoms with Gasteiger partial charge in [-0.05, 0) is 69.1 Å². The summed E-state index contributed by atoms with van der Waals surface area (Å²) in [5.74, 6) is 1.45. The number of methoxy groups -OCH3 is 1. The third kappa shape index (κ3) is 7.11. The molecule has 3 saturated heterocycles. The molecule has 4 aliphatic rings. The number of aromatic nitrogens is 7. The standard InChI is InChI=1S/C40H49N11O5/c1-47-34-19-26(5-8-32(34)51(40(47)54)33-9-10-36(52)44-39(33)53)49-13-11-28(12-14-49)56-27-6-3-25(4-7-27)23-48-15-17-50(18-16-48)35-21-30(42-24-43-35)38-29-20-37(55-2)41-22-31(29)45-46-38/h5,8,19-22,24-25,27-28,33H,3-4,6-7,9-18,23H2,1-2H3,(H,45,46)(H,44,52,53). The van der Waals surface area contributed by atoms with Crippen LogP contribution >= 0.6 is 0 Å². The highest BCUT2D eigenvalue weighted by atomic mass is 16.5. The predicted molar refractivity (Wildman–Crippen MR) is 211 cm³/mol. The van der Waals surface area contributed by atoms with Gasteiger partial charge >= 0.3 is 5.69 Å². The molecule has 7 heterocycles. The van der Waals surface area contributed by atoms with Gasteiger partial charge in [-0.3, -0.25) is 34.0 Å². The predicted octanol–water partition coefficient (Wildman–Crippen LogP) is 3.42. The summed E-state index contributed by atoms with van der Waals surface area (Å²) in [6.45, 7) is 6.79. The summed E-state index contributed by atoms with van der Waals surface area (Å²) in [4.78, 5) is 58.2. The molecule has 4 fully saturated rings. The number of hydrogen-bond acceptors (Lipinski definition) is 12. The lowest BCUT2D eigenvalue weighted by molar-refractivity contribution is -0.135. The van der Waals surface area contributed by atoms with Gasteiger partial charge in [0.15, 0.2) is 0 Å². The van der Waals surface area contributed by atoms with Crippen molar-refractivity contribution in [1.82, 2.24) is 44.5 Å². The van der Waals surface area contributed by atoms with E-state index < -0.39 is 11.9 Å². The minimum Gasteiger partial charge on any atom is -0.481 e. The Kier molecular flexibility index (Phi) is 9.91. The smallest absolute Gasteiger partial charge is 0.329 e. The van der Waals surface area contributed by atoms with Crippen molar-refractivity contribution in [1.29, 1.82) is 0 Å². The fourth-order valence-electron chi connectivity index (χ4n) is 9.13. The highest BCUT2D eigenvalue weighted by Crippen LogP contribution is 2.33. The number of rotatable bonds is 9. The number of piperidine rings is 2. The maximum absolute atomic E-state index is 13.2. The van der Waals surface area contributed by atoms with Crippen LogP contribution in [0.5, 0.6) is 5.88 Å². The van der Waals surface area contributed by atoms with Crippen LogP contribution in [-0.2, 0) is 21.4 Å². The number of pyridine rings is 1. The van der Waals surface area contributed by atoms with Crippen molar-refractivity contribution in [3.63, 3.8) is 0 Å². The minimum atomic E-state index is -0.681. The number of nitrogens with one attached hydrogen (secondary N) is 2. The third-order valence-electron chi connectivity index (χ3n) is 12.3. The number of hydrogen-bond donors (Lipinski definition) is 2. The van der Waals surface area contributed by atoms with E-state index in [2.05, 4.69) is 45.2 Å². The van der Waals surface area contributed by atoms with Gasteiger partial charge in [-0.25, -0.2) is 19.7 Å². The molecule has 4 aromatic heterocycles. The average Bonchev–Trinajstić information content (AvgIpc) is 3.76. The van der Waals surface area contributed by atoms with Gasteiger partial charge in [-0.2, -0.15) is 5.10 Å². The summed E-state index contributed by atoms with van der Waals surface area (Å²) in [7, 11) is 3.35. The highest BCUT2D eigenvalue weighted by molar-refractivity contribution is 6.00. The topological polar surface area (TPSA) is 169 Å². The zero-order valence-corrected chi connectivity index (χ0v) is 32.0. The monoisotopic (exact) mass is 763 g/mol. The number of benzene rings is 1. The van der Waals surface area contributed by atoms with Crippen molar-refractivity contribution >= 4 is 45.3 Å². The van der Waals surface area contributed by atoms with Crippen LogP contribution in [0.3, 0.4) is 0 Å². The second-order valence-corrected chi connectivity index (χ2v) is 15.7. The molecule has 2 amide bonds. The van der Waals surface area contributed by atoms with Crippen LogP contribution < -0.4 is 25.5 Å². The van der Waals surface area contributed by atoms with Crippen LogP contribution in [0, 0.1) is 5.92 Å². The van der Waals surface area contributed by atoms with Crippen molar-refractivity contribution in [3.8, 4) is 17.3 Å². The number of aryl methyl sites for hydroxylation is 1. The molecule has 9 rings (SSSR count). The molecule has 3 aliphatic heterocycles. The number of imide groups is 1. The summed E-state index contributed by atoms with van der Waals surface area (Å²) in [6, 6.07) is 9.25.